The SMILES string of the molecule is CC(C)Oc1ccc([C](c2ccccc2)c2ccc(OC(C)C)cc2)cc1. The highest BCUT2D eigenvalue weighted by molar-refractivity contribution is 5.58. The van der Waals surface area contributed by atoms with Gasteiger partial charge in [0.2, 0.25) is 0 Å². The van der Waals surface area contributed by atoms with Gasteiger partial charge in [0.1, 0.15) is 11.5 Å². The molecule has 0 atom stereocenters. The van der Waals surface area contributed by atoms with Crippen LogP contribution in [0.5, 0.6) is 11.5 Å². The third-order valence-electron chi connectivity index (χ3n) is 4.09. The van der Waals surface area contributed by atoms with Crippen molar-refractivity contribution in [3.05, 3.63) is 101 Å². The molecular formula is C25H27O2. The summed E-state index contributed by atoms with van der Waals surface area (Å²) in [7, 11) is 0. The van der Waals surface area contributed by atoms with Crippen molar-refractivity contribution in [2.24, 2.45) is 0 Å². The smallest absolute Gasteiger partial charge is 0.119 e. The molecule has 3 aromatic rings. The Balaban J connectivity index is 1.94. The zero-order chi connectivity index (χ0) is 19.2. The standard InChI is InChI=1S/C25H27O2/c1-18(2)26-23-14-10-21(11-15-23)25(20-8-6-5-7-9-20)22-12-16-24(17-13-22)27-19(3)4/h5-19H,1-4H3. The van der Waals surface area contributed by atoms with Crippen LogP contribution in [0.25, 0.3) is 0 Å². The summed E-state index contributed by atoms with van der Waals surface area (Å²) in [6, 6.07) is 27.1. The highest BCUT2D eigenvalue weighted by Crippen LogP contribution is 2.33. The highest BCUT2D eigenvalue weighted by Gasteiger charge is 2.18. The first-order chi connectivity index (χ1) is 13.0. The second-order valence-corrected chi connectivity index (χ2v) is 7.12. The maximum absolute atomic E-state index is 5.79. The molecule has 0 aromatic heterocycles. The topological polar surface area (TPSA) is 18.5 Å². The molecular weight excluding hydrogens is 332 g/mol. The third-order valence-corrected chi connectivity index (χ3v) is 4.09. The molecule has 0 spiro atoms. The number of hydrogen-bond donors (Lipinski definition) is 0. The Morgan fingerprint density at radius 2 is 0.889 bits per heavy atom. The van der Waals surface area contributed by atoms with Gasteiger partial charge < -0.3 is 9.47 Å². The largest absolute Gasteiger partial charge is 0.491 e. The van der Waals surface area contributed by atoms with Gasteiger partial charge >= 0.3 is 0 Å². The molecule has 0 heterocycles. The second-order valence-electron chi connectivity index (χ2n) is 7.12. The summed E-state index contributed by atoms with van der Waals surface area (Å²) in [5, 5.41) is 0. The van der Waals surface area contributed by atoms with E-state index >= 15 is 0 Å². The van der Waals surface area contributed by atoms with Crippen LogP contribution < -0.4 is 9.47 Å². The Hall–Kier alpha value is -2.74. The molecule has 0 saturated carbocycles. The van der Waals surface area contributed by atoms with Gasteiger partial charge in [-0.05, 0) is 68.7 Å². The Morgan fingerprint density at radius 1 is 0.519 bits per heavy atom. The summed E-state index contributed by atoms with van der Waals surface area (Å²) in [5.74, 6) is 2.98. The van der Waals surface area contributed by atoms with Gasteiger partial charge in [-0.1, -0.05) is 54.6 Å². The number of benzene rings is 3. The van der Waals surface area contributed by atoms with Crippen molar-refractivity contribution in [2.45, 2.75) is 39.9 Å². The molecule has 0 N–H and O–H groups in total. The van der Waals surface area contributed by atoms with Gasteiger partial charge in [-0.3, -0.25) is 0 Å². The van der Waals surface area contributed by atoms with Crippen LogP contribution in [0.4, 0.5) is 0 Å². The molecule has 0 fully saturated rings. The van der Waals surface area contributed by atoms with Crippen molar-refractivity contribution >= 4 is 0 Å². The van der Waals surface area contributed by atoms with E-state index in [9.17, 15) is 0 Å². The quantitative estimate of drug-likeness (QED) is 0.462. The Labute approximate surface area is 162 Å². The lowest BCUT2D eigenvalue weighted by Crippen LogP contribution is -2.08. The van der Waals surface area contributed by atoms with Crippen molar-refractivity contribution < 1.29 is 9.47 Å². The average Bonchev–Trinajstić information content (AvgIpc) is 2.65. The molecule has 3 rings (SSSR count). The molecule has 0 saturated heterocycles. The van der Waals surface area contributed by atoms with Crippen LogP contribution in [0.3, 0.4) is 0 Å². The number of rotatable bonds is 7. The molecule has 2 heteroatoms. The van der Waals surface area contributed by atoms with Gasteiger partial charge in [0.05, 0.1) is 18.1 Å². The molecule has 0 aliphatic carbocycles. The van der Waals surface area contributed by atoms with Crippen LogP contribution in [0.2, 0.25) is 0 Å². The van der Waals surface area contributed by atoms with Crippen LogP contribution in [-0.4, -0.2) is 12.2 Å². The maximum Gasteiger partial charge on any atom is 0.119 e. The van der Waals surface area contributed by atoms with Gasteiger partial charge in [0.15, 0.2) is 0 Å². The summed E-state index contributed by atoms with van der Waals surface area (Å²) in [6.07, 6.45) is 0.337. The molecule has 0 unspecified atom stereocenters. The van der Waals surface area contributed by atoms with Crippen LogP contribution in [-0.2, 0) is 0 Å². The highest BCUT2D eigenvalue weighted by atomic mass is 16.5. The monoisotopic (exact) mass is 359 g/mol. The number of ether oxygens (including phenoxy) is 2. The van der Waals surface area contributed by atoms with Crippen LogP contribution in [0.1, 0.15) is 44.4 Å². The Kier molecular flexibility index (Phi) is 6.18. The fraction of sp³-hybridized carbons (Fsp3) is 0.240. The van der Waals surface area contributed by atoms with E-state index in [0.717, 1.165) is 22.6 Å². The van der Waals surface area contributed by atoms with E-state index in [-0.39, 0.29) is 12.2 Å². The van der Waals surface area contributed by atoms with E-state index in [1.165, 1.54) is 11.5 Å². The average molecular weight is 359 g/mol. The maximum atomic E-state index is 5.79. The van der Waals surface area contributed by atoms with Gasteiger partial charge in [-0.25, -0.2) is 0 Å². The second kappa shape index (κ2) is 8.77. The minimum Gasteiger partial charge on any atom is -0.491 e. The summed E-state index contributed by atoms with van der Waals surface area (Å²) in [5.41, 5.74) is 3.51. The molecule has 0 bridgehead atoms. The normalized spacial score (nSPS) is 11.2. The summed E-state index contributed by atoms with van der Waals surface area (Å²) in [6.45, 7) is 8.15. The molecule has 0 aliphatic heterocycles. The molecule has 0 amide bonds. The fourth-order valence-electron chi connectivity index (χ4n) is 3.05. The summed E-state index contributed by atoms with van der Waals surface area (Å²) < 4.78 is 11.6. The molecule has 2 nitrogen and oxygen atoms in total. The summed E-state index contributed by atoms with van der Waals surface area (Å²) in [4.78, 5) is 0. The first-order valence-corrected chi connectivity index (χ1v) is 9.49. The van der Waals surface area contributed by atoms with Crippen molar-refractivity contribution in [1.82, 2.24) is 0 Å². The van der Waals surface area contributed by atoms with Crippen molar-refractivity contribution in [1.29, 1.82) is 0 Å². The van der Waals surface area contributed by atoms with Gasteiger partial charge in [0.25, 0.3) is 0 Å². The van der Waals surface area contributed by atoms with E-state index in [4.69, 9.17) is 9.47 Å². The van der Waals surface area contributed by atoms with Gasteiger partial charge in [-0.15, -0.1) is 0 Å². The van der Waals surface area contributed by atoms with Crippen LogP contribution in [0.15, 0.2) is 78.9 Å². The third kappa shape index (κ3) is 5.13. The van der Waals surface area contributed by atoms with Crippen molar-refractivity contribution in [2.75, 3.05) is 0 Å². The van der Waals surface area contributed by atoms with E-state index in [0.29, 0.717) is 0 Å². The lowest BCUT2D eigenvalue weighted by atomic mass is 9.85. The Morgan fingerprint density at radius 3 is 1.26 bits per heavy atom. The van der Waals surface area contributed by atoms with Crippen molar-refractivity contribution in [3.8, 4) is 11.5 Å². The minimum absolute atomic E-state index is 0.168. The lowest BCUT2D eigenvalue weighted by Gasteiger charge is -2.19. The van der Waals surface area contributed by atoms with E-state index in [2.05, 4.69) is 48.5 Å². The molecule has 1 radical (unpaired) electrons. The molecule has 139 valence electrons. The van der Waals surface area contributed by atoms with Crippen LogP contribution >= 0.6 is 0 Å². The van der Waals surface area contributed by atoms with Crippen molar-refractivity contribution in [3.63, 3.8) is 0 Å². The van der Waals surface area contributed by atoms with E-state index in [1.54, 1.807) is 0 Å². The Bertz CT molecular complexity index is 765. The first-order valence-electron chi connectivity index (χ1n) is 9.49. The first kappa shape index (κ1) is 19.0. The number of hydrogen-bond acceptors (Lipinski definition) is 2. The van der Waals surface area contributed by atoms with Crippen LogP contribution in [0, 0.1) is 5.92 Å². The summed E-state index contributed by atoms with van der Waals surface area (Å²) >= 11 is 0. The van der Waals surface area contributed by atoms with Gasteiger partial charge in [-0.2, -0.15) is 0 Å². The zero-order valence-corrected chi connectivity index (χ0v) is 16.5. The minimum atomic E-state index is 0.168. The fourth-order valence-corrected chi connectivity index (χ4v) is 3.05. The molecule has 0 aliphatic rings. The lowest BCUT2D eigenvalue weighted by molar-refractivity contribution is 0.242. The van der Waals surface area contributed by atoms with Gasteiger partial charge in [0, 0.05) is 0 Å². The van der Waals surface area contributed by atoms with E-state index < -0.39 is 0 Å². The molecule has 27 heavy (non-hydrogen) atoms. The molecule has 3 aromatic carbocycles. The predicted octanol–water partition coefficient (Wildman–Crippen LogP) is 6.28. The zero-order valence-electron chi connectivity index (χ0n) is 16.5. The predicted molar refractivity (Wildman–Crippen MR) is 111 cm³/mol. The van der Waals surface area contributed by atoms with E-state index in [1.807, 2.05) is 58.0 Å².